The van der Waals surface area contributed by atoms with Gasteiger partial charge in [-0.25, -0.2) is 4.98 Å². The van der Waals surface area contributed by atoms with Crippen LogP contribution in [-0.4, -0.2) is 15.9 Å². The number of nitrogens with zero attached hydrogens (tertiary/aromatic N) is 2. The Hall–Kier alpha value is -1.88. The summed E-state index contributed by atoms with van der Waals surface area (Å²) in [6.07, 6.45) is 2.45. The second-order valence-corrected chi connectivity index (χ2v) is 4.62. The number of ether oxygens (including phenoxy) is 1. The van der Waals surface area contributed by atoms with Gasteiger partial charge in [0.1, 0.15) is 17.4 Å². The maximum Gasteiger partial charge on any atom is 0.140 e. The fourth-order valence-electron chi connectivity index (χ4n) is 1.55. The summed E-state index contributed by atoms with van der Waals surface area (Å²) in [4.78, 5) is 4.14. The molecule has 0 aliphatic heterocycles. The lowest BCUT2D eigenvalue weighted by atomic mass is 10.1. The van der Waals surface area contributed by atoms with Crippen molar-refractivity contribution in [3.63, 3.8) is 0 Å². The molecular weight excluding hydrogens is 248 g/mol. The van der Waals surface area contributed by atoms with E-state index in [1.807, 2.05) is 36.6 Å². The molecule has 1 aromatic heterocycles. The third kappa shape index (κ3) is 3.07. The van der Waals surface area contributed by atoms with Crippen molar-refractivity contribution >= 4 is 17.0 Å². The molecule has 1 heterocycles. The van der Waals surface area contributed by atoms with Crippen molar-refractivity contribution in [3.05, 3.63) is 46.4 Å². The van der Waals surface area contributed by atoms with Crippen LogP contribution in [0, 0.1) is 0 Å². The molecule has 0 radical (unpaired) electrons. The molecule has 5 heteroatoms. The van der Waals surface area contributed by atoms with Gasteiger partial charge in [-0.1, -0.05) is 12.1 Å². The van der Waals surface area contributed by atoms with E-state index in [2.05, 4.69) is 10.1 Å². The Kier molecular flexibility index (Phi) is 4.30. The van der Waals surface area contributed by atoms with Gasteiger partial charge in [0.05, 0.1) is 5.71 Å². The molecule has 2 rings (SSSR count). The number of benzene rings is 1. The summed E-state index contributed by atoms with van der Waals surface area (Å²) in [5.41, 5.74) is 1.57. The lowest BCUT2D eigenvalue weighted by Crippen LogP contribution is -1.99. The Morgan fingerprint density at radius 3 is 2.72 bits per heavy atom. The van der Waals surface area contributed by atoms with Crippen LogP contribution >= 0.6 is 11.3 Å². The summed E-state index contributed by atoms with van der Waals surface area (Å²) in [7, 11) is 0. The summed E-state index contributed by atoms with van der Waals surface area (Å²) >= 11 is 1.57. The quantitative estimate of drug-likeness (QED) is 0.511. The number of hydrogen-bond donors (Lipinski definition) is 1. The van der Waals surface area contributed by atoms with E-state index in [-0.39, 0.29) is 0 Å². The van der Waals surface area contributed by atoms with Crippen molar-refractivity contribution in [2.24, 2.45) is 5.16 Å². The highest BCUT2D eigenvalue weighted by molar-refractivity contribution is 7.09. The van der Waals surface area contributed by atoms with Crippen molar-refractivity contribution < 1.29 is 9.94 Å². The Balaban J connectivity index is 1.99. The summed E-state index contributed by atoms with van der Waals surface area (Å²) < 4.78 is 5.60. The standard InChI is InChI=1S/C13H14N2O2S/c1-2-12(15-16)10-3-5-11(6-4-10)17-9-13-14-7-8-18-13/h3-8,16H,2,9H2,1H3. The fourth-order valence-corrected chi connectivity index (χ4v) is 2.07. The van der Waals surface area contributed by atoms with E-state index in [1.165, 1.54) is 0 Å². The van der Waals surface area contributed by atoms with Crippen LogP contribution in [0.4, 0.5) is 0 Å². The average molecular weight is 262 g/mol. The molecule has 1 aromatic carbocycles. The first-order chi connectivity index (χ1) is 8.83. The zero-order valence-electron chi connectivity index (χ0n) is 10.0. The van der Waals surface area contributed by atoms with Gasteiger partial charge in [-0.2, -0.15) is 0 Å². The summed E-state index contributed by atoms with van der Waals surface area (Å²) in [5.74, 6) is 0.780. The van der Waals surface area contributed by atoms with Crippen molar-refractivity contribution in [2.75, 3.05) is 0 Å². The van der Waals surface area contributed by atoms with Crippen LogP contribution in [0.15, 0.2) is 41.0 Å². The summed E-state index contributed by atoms with van der Waals surface area (Å²) in [6, 6.07) is 7.50. The molecule has 0 bridgehead atoms. The lowest BCUT2D eigenvalue weighted by Gasteiger charge is -2.06. The van der Waals surface area contributed by atoms with E-state index in [0.29, 0.717) is 18.7 Å². The van der Waals surface area contributed by atoms with Crippen molar-refractivity contribution in [3.8, 4) is 5.75 Å². The van der Waals surface area contributed by atoms with Crippen LogP contribution in [-0.2, 0) is 6.61 Å². The minimum absolute atomic E-state index is 0.478. The van der Waals surface area contributed by atoms with Gasteiger partial charge in [-0.15, -0.1) is 11.3 Å². The van der Waals surface area contributed by atoms with E-state index in [1.54, 1.807) is 17.5 Å². The molecule has 0 saturated carbocycles. The van der Waals surface area contributed by atoms with Gasteiger partial charge >= 0.3 is 0 Å². The van der Waals surface area contributed by atoms with Crippen LogP contribution < -0.4 is 4.74 Å². The minimum atomic E-state index is 0.478. The van der Waals surface area contributed by atoms with Gasteiger partial charge in [0, 0.05) is 11.6 Å². The van der Waals surface area contributed by atoms with E-state index >= 15 is 0 Å². The van der Waals surface area contributed by atoms with Crippen molar-refractivity contribution in [1.29, 1.82) is 0 Å². The first kappa shape index (κ1) is 12.6. The maximum absolute atomic E-state index is 8.83. The minimum Gasteiger partial charge on any atom is -0.486 e. The van der Waals surface area contributed by atoms with Gasteiger partial charge in [0.25, 0.3) is 0 Å². The number of rotatable bonds is 5. The largest absolute Gasteiger partial charge is 0.486 e. The highest BCUT2D eigenvalue weighted by Gasteiger charge is 2.03. The molecule has 18 heavy (non-hydrogen) atoms. The third-order valence-electron chi connectivity index (χ3n) is 2.49. The third-order valence-corrected chi connectivity index (χ3v) is 3.24. The van der Waals surface area contributed by atoms with Crippen LogP contribution in [0.3, 0.4) is 0 Å². The molecule has 0 fully saturated rings. The highest BCUT2D eigenvalue weighted by Crippen LogP contribution is 2.16. The molecule has 0 aliphatic rings. The Morgan fingerprint density at radius 2 is 2.17 bits per heavy atom. The van der Waals surface area contributed by atoms with Gasteiger partial charge in [-0.3, -0.25) is 0 Å². The van der Waals surface area contributed by atoms with Crippen LogP contribution in [0.2, 0.25) is 0 Å². The summed E-state index contributed by atoms with van der Waals surface area (Å²) in [6.45, 7) is 2.42. The van der Waals surface area contributed by atoms with E-state index in [0.717, 1.165) is 16.3 Å². The van der Waals surface area contributed by atoms with E-state index in [9.17, 15) is 0 Å². The number of oxime groups is 1. The zero-order chi connectivity index (χ0) is 12.8. The molecule has 94 valence electrons. The van der Waals surface area contributed by atoms with E-state index in [4.69, 9.17) is 9.94 Å². The van der Waals surface area contributed by atoms with Gasteiger partial charge < -0.3 is 9.94 Å². The smallest absolute Gasteiger partial charge is 0.140 e. The predicted molar refractivity (Wildman–Crippen MR) is 71.5 cm³/mol. The first-order valence-electron chi connectivity index (χ1n) is 5.66. The molecule has 1 N–H and O–H groups in total. The zero-order valence-corrected chi connectivity index (χ0v) is 10.9. The lowest BCUT2D eigenvalue weighted by molar-refractivity contribution is 0.305. The number of hydrogen-bond acceptors (Lipinski definition) is 5. The van der Waals surface area contributed by atoms with Gasteiger partial charge in [0.15, 0.2) is 0 Å². The monoisotopic (exact) mass is 262 g/mol. The van der Waals surface area contributed by atoms with Crippen LogP contribution in [0.25, 0.3) is 0 Å². The molecule has 0 aliphatic carbocycles. The molecule has 0 saturated heterocycles. The molecule has 0 amide bonds. The number of aromatic nitrogens is 1. The Bertz CT molecular complexity index is 506. The maximum atomic E-state index is 8.83. The van der Waals surface area contributed by atoms with Crippen molar-refractivity contribution in [1.82, 2.24) is 4.98 Å². The second-order valence-electron chi connectivity index (χ2n) is 3.64. The van der Waals surface area contributed by atoms with Crippen molar-refractivity contribution in [2.45, 2.75) is 20.0 Å². The Labute approximate surface area is 110 Å². The number of thiazole rings is 1. The SMILES string of the molecule is CCC(=NO)c1ccc(OCc2nccs2)cc1. The van der Waals surface area contributed by atoms with Crippen LogP contribution in [0.1, 0.15) is 23.9 Å². The van der Waals surface area contributed by atoms with Gasteiger partial charge in [0.2, 0.25) is 0 Å². The second kappa shape index (κ2) is 6.16. The molecular formula is C13H14N2O2S. The van der Waals surface area contributed by atoms with Crippen LogP contribution in [0.5, 0.6) is 5.75 Å². The van der Waals surface area contributed by atoms with E-state index < -0.39 is 0 Å². The highest BCUT2D eigenvalue weighted by atomic mass is 32.1. The first-order valence-corrected chi connectivity index (χ1v) is 6.54. The molecule has 0 unspecified atom stereocenters. The molecule has 0 spiro atoms. The molecule has 2 aromatic rings. The summed E-state index contributed by atoms with van der Waals surface area (Å²) in [5, 5.41) is 15.0. The normalized spacial score (nSPS) is 11.5. The Morgan fingerprint density at radius 1 is 1.39 bits per heavy atom. The topological polar surface area (TPSA) is 54.7 Å². The molecule has 0 atom stereocenters. The molecule has 4 nitrogen and oxygen atoms in total. The van der Waals surface area contributed by atoms with Gasteiger partial charge in [-0.05, 0) is 36.2 Å². The fraction of sp³-hybridized carbons (Fsp3) is 0.231. The average Bonchev–Trinajstić information content (AvgIpc) is 2.92. The predicted octanol–water partition coefficient (Wildman–Crippen LogP) is 3.31.